The zero-order valence-corrected chi connectivity index (χ0v) is 13.7. The van der Waals surface area contributed by atoms with Crippen LogP contribution in [0.1, 0.15) is 51.5 Å². The standard InChI is InChI=1S/C16H25Cl2N/c1-4-10-19-11-13(12(5-2)6-3)16-14(17)8-7-9-15(16)18/h7-9,12-13,19H,4-6,10-11H2,1-3H3. The highest BCUT2D eigenvalue weighted by molar-refractivity contribution is 6.36. The molecule has 1 N–H and O–H groups in total. The van der Waals surface area contributed by atoms with Gasteiger partial charge in [0.2, 0.25) is 0 Å². The summed E-state index contributed by atoms with van der Waals surface area (Å²) < 4.78 is 0. The second-order valence-electron chi connectivity index (χ2n) is 5.02. The molecule has 1 aromatic carbocycles. The summed E-state index contributed by atoms with van der Waals surface area (Å²) in [6.45, 7) is 8.65. The molecule has 1 rings (SSSR count). The lowest BCUT2D eigenvalue weighted by atomic mass is 9.82. The van der Waals surface area contributed by atoms with Gasteiger partial charge in [-0.25, -0.2) is 0 Å². The van der Waals surface area contributed by atoms with Crippen molar-refractivity contribution in [3.8, 4) is 0 Å². The van der Waals surface area contributed by atoms with Crippen LogP contribution in [0.15, 0.2) is 18.2 Å². The van der Waals surface area contributed by atoms with E-state index in [4.69, 9.17) is 23.2 Å². The molecule has 3 heteroatoms. The fraction of sp³-hybridized carbons (Fsp3) is 0.625. The monoisotopic (exact) mass is 301 g/mol. The SMILES string of the molecule is CCCNCC(c1c(Cl)cccc1Cl)C(CC)CC. The molecule has 1 unspecified atom stereocenters. The molecule has 0 saturated carbocycles. The number of rotatable bonds is 8. The smallest absolute Gasteiger partial charge is 0.0456 e. The second kappa shape index (κ2) is 8.84. The van der Waals surface area contributed by atoms with E-state index < -0.39 is 0 Å². The van der Waals surface area contributed by atoms with Crippen LogP contribution in [0.2, 0.25) is 10.0 Å². The van der Waals surface area contributed by atoms with Crippen LogP contribution in [-0.2, 0) is 0 Å². The molecule has 0 aromatic heterocycles. The molecule has 1 nitrogen and oxygen atoms in total. The molecule has 1 aromatic rings. The predicted octanol–water partition coefficient (Wildman–Crippen LogP) is 5.51. The molecule has 0 aliphatic rings. The zero-order valence-electron chi connectivity index (χ0n) is 12.2. The fourth-order valence-electron chi connectivity index (χ4n) is 2.66. The van der Waals surface area contributed by atoms with Crippen molar-refractivity contribution < 1.29 is 0 Å². The average Bonchev–Trinajstić information content (AvgIpc) is 2.39. The Hall–Kier alpha value is -0.240. The summed E-state index contributed by atoms with van der Waals surface area (Å²) in [7, 11) is 0. The Labute approximate surface area is 127 Å². The third-order valence-electron chi connectivity index (χ3n) is 3.78. The van der Waals surface area contributed by atoms with Gasteiger partial charge in [0, 0.05) is 22.5 Å². The highest BCUT2D eigenvalue weighted by Gasteiger charge is 2.24. The minimum absolute atomic E-state index is 0.391. The second-order valence-corrected chi connectivity index (χ2v) is 5.84. The van der Waals surface area contributed by atoms with Crippen molar-refractivity contribution in [2.75, 3.05) is 13.1 Å². The number of halogens is 2. The van der Waals surface area contributed by atoms with Crippen LogP contribution in [-0.4, -0.2) is 13.1 Å². The van der Waals surface area contributed by atoms with Crippen molar-refractivity contribution in [2.45, 2.75) is 46.0 Å². The number of nitrogens with one attached hydrogen (secondary N) is 1. The van der Waals surface area contributed by atoms with Gasteiger partial charge in [0.25, 0.3) is 0 Å². The van der Waals surface area contributed by atoms with Gasteiger partial charge in [0.15, 0.2) is 0 Å². The van der Waals surface area contributed by atoms with E-state index in [0.717, 1.165) is 48.0 Å². The maximum absolute atomic E-state index is 6.38. The molecule has 0 aliphatic carbocycles. The van der Waals surface area contributed by atoms with Crippen LogP contribution in [0.25, 0.3) is 0 Å². The molecule has 1 atom stereocenters. The zero-order chi connectivity index (χ0) is 14.3. The molecule has 0 spiro atoms. The molecule has 0 radical (unpaired) electrons. The first-order valence-corrected chi connectivity index (χ1v) is 8.05. The highest BCUT2D eigenvalue weighted by atomic mass is 35.5. The van der Waals surface area contributed by atoms with Gasteiger partial charge in [-0.3, -0.25) is 0 Å². The number of hydrogen-bond acceptors (Lipinski definition) is 1. The van der Waals surface area contributed by atoms with Gasteiger partial charge in [0.1, 0.15) is 0 Å². The Morgan fingerprint density at radius 2 is 1.63 bits per heavy atom. The van der Waals surface area contributed by atoms with Crippen LogP contribution in [0.5, 0.6) is 0 Å². The Morgan fingerprint density at radius 3 is 2.11 bits per heavy atom. The van der Waals surface area contributed by atoms with E-state index in [0.29, 0.717) is 11.8 Å². The normalized spacial score (nSPS) is 12.9. The lowest BCUT2D eigenvalue weighted by molar-refractivity contribution is 0.380. The fourth-order valence-corrected chi connectivity index (χ4v) is 3.34. The number of benzene rings is 1. The summed E-state index contributed by atoms with van der Waals surface area (Å²) in [5.41, 5.74) is 1.11. The van der Waals surface area contributed by atoms with Gasteiger partial charge in [-0.2, -0.15) is 0 Å². The molecule has 0 bridgehead atoms. The molecular weight excluding hydrogens is 277 g/mol. The van der Waals surface area contributed by atoms with E-state index >= 15 is 0 Å². The van der Waals surface area contributed by atoms with E-state index in [1.165, 1.54) is 0 Å². The first-order chi connectivity index (χ1) is 9.15. The summed E-state index contributed by atoms with van der Waals surface area (Å²) in [5.74, 6) is 1.00. The highest BCUT2D eigenvalue weighted by Crippen LogP contribution is 2.37. The molecular formula is C16H25Cl2N. The Bertz CT molecular complexity index is 355. The van der Waals surface area contributed by atoms with Gasteiger partial charge < -0.3 is 5.32 Å². The van der Waals surface area contributed by atoms with Crippen molar-refractivity contribution >= 4 is 23.2 Å². The third kappa shape index (κ3) is 4.66. The first-order valence-electron chi connectivity index (χ1n) is 7.30. The van der Waals surface area contributed by atoms with Crippen molar-refractivity contribution in [2.24, 2.45) is 5.92 Å². The molecule has 0 aliphatic heterocycles. The lowest BCUT2D eigenvalue weighted by Crippen LogP contribution is -2.27. The summed E-state index contributed by atoms with van der Waals surface area (Å²) in [6.07, 6.45) is 3.44. The van der Waals surface area contributed by atoms with Gasteiger partial charge in [-0.15, -0.1) is 0 Å². The number of hydrogen-bond donors (Lipinski definition) is 1. The first kappa shape index (κ1) is 16.8. The van der Waals surface area contributed by atoms with Gasteiger partial charge in [-0.05, 0) is 36.6 Å². The molecule has 108 valence electrons. The van der Waals surface area contributed by atoms with Crippen molar-refractivity contribution in [1.82, 2.24) is 5.32 Å². The van der Waals surface area contributed by atoms with Crippen molar-refractivity contribution in [3.05, 3.63) is 33.8 Å². The van der Waals surface area contributed by atoms with Crippen LogP contribution < -0.4 is 5.32 Å². The van der Waals surface area contributed by atoms with Gasteiger partial charge in [-0.1, -0.05) is 62.9 Å². The predicted molar refractivity (Wildman–Crippen MR) is 86.4 cm³/mol. The third-order valence-corrected chi connectivity index (χ3v) is 4.44. The Morgan fingerprint density at radius 1 is 1.05 bits per heavy atom. The molecule has 0 fully saturated rings. The van der Waals surface area contributed by atoms with E-state index in [2.05, 4.69) is 26.1 Å². The Kier molecular flexibility index (Phi) is 7.82. The van der Waals surface area contributed by atoms with Gasteiger partial charge >= 0.3 is 0 Å². The molecule has 0 saturated heterocycles. The maximum atomic E-state index is 6.38. The summed E-state index contributed by atoms with van der Waals surface area (Å²) in [4.78, 5) is 0. The van der Waals surface area contributed by atoms with E-state index in [1.807, 2.05) is 18.2 Å². The van der Waals surface area contributed by atoms with Crippen molar-refractivity contribution in [1.29, 1.82) is 0 Å². The summed E-state index contributed by atoms with van der Waals surface area (Å²) in [6, 6.07) is 5.80. The minimum atomic E-state index is 0.391. The quantitative estimate of drug-likeness (QED) is 0.624. The van der Waals surface area contributed by atoms with Crippen LogP contribution in [0.3, 0.4) is 0 Å². The lowest BCUT2D eigenvalue weighted by Gasteiger charge is -2.28. The molecule has 19 heavy (non-hydrogen) atoms. The van der Waals surface area contributed by atoms with E-state index in [-0.39, 0.29) is 0 Å². The van der Waals surface area contributed by atoms with Crippen LogP contribution >= 0.6 is 23.2 Å². The van der Waals surface area contributed by atoms with E-state index in [9.17, 15) is 0 Å². The molecule has 0 heterocycles. The topological polar surface area (TPSA) is 12.0 Å². The maximum Gasteiger partial charge on any atom is 0.0456 e. The van der Waals surface area contributed by atoms with Gasteiger partial charge in [0.05, 0.1) is 0 Å². The summed E-state index contributed by atoms with van der Waals surface area (Å²) >= 11 is 12.8. The van der Waals surface area contributed by atoms with E-state index in [1.54, 1.807) is 0 Å². The Balaban J connectivity index is 3.00. The van der Waals surface area contributed by atoms with Crippen LogP contribution in [0.4, 0.5) is 0 Å². The van der Waals surface area contributed by atoms with Crippen molar-refractivity contribution in [3.63, 3.8) is 0 Å². The molecule has 0 amide bonds. The summed E-state index contributed by atoms with van der Waals surface area (Å²) in [5, 5.41) is 5.11. The minimum Gasteiger partial charge on any atom is -0.316 e. The largest absolute Gasteiger partial charge is 0.316 e. The van der Waals surface area contributed by atoms with Crippen LogP contribution in [0, 0.1) is 5.92 Å². The average molecular weight is 302 g/mol.